The second-order valence-corrected chi connectivity index (χ2v) is 7.15. The Balaban J connectivity index is 1.37. The van der Waals surface area contributed by atoms with E-state index in [1.54, 1.807) is 0 Å². The molecule has 0 spiro atoms. The fraction of sp³-hybridized carbons (Fsp3) is 0.875. The number of nitrogens with zero attached hydrogens (tertiary/aromatic N) is 3. The SMILES string of the molecule is Cc1nnc(CN2CCCC2CC2CC3CCC2C3)o1. The minimum absolute atomic E-state index is 0.684. The molecule has 3 fully saturated rings. The van der Waals surface area contributed by atoms with Crippen LogP contribution in [0.5, 0.6) is 0 Å². The van der Waals surface area contributed by atoms with Crippen molar-refractivity contribution in [2.75, 3.05) is 6.54 Å². The molecule has 2 saturated carbocycles. The van der Waals surface area contributed by atoms with Crippen molar-refractivity contribution in [2.24, 2.45) is 17.8 Å². The van der Waals surface area contributed by atoms with Crippen LogP contribution in [0, 0.1) is 24.7 Å². The third-order valence-corrected chi connectivity index (χ3v) is 5.86. The first kappa shape index (κ1) is 12.8. The highest BCUT2D eigenvalue weighted by Gasteiger charge is 2.41. The quantitative estimate of drug-likeness (QED) is 0.846. The maximum atomic E-state index is 5.55. The Hall–Kier alpha value is -0.900. The van der Waals surface area contributed by atoms with E-state index in [4.69, 9.17) is 4.42 Å². The van der Waals surface area contributed by atoms with E-state index in [0.29, 0.717) is 5.89 Å². The average Bonchev–Trinajstić information content (AvgIpc) is 3.17. The number of hydrogen-bond donors (Lipinski definition) is 0. The smallest absolute Gasteiger partial charge is 0.230 e. The minimum atomic E-state index is 0.684. The number of aryl methyl sites for hydroxylation is 1. The van der Waals surface area contributed by atoms with Crippen molar-refractivity contribution in [3.05, 3.63) is 11.8 Å². The lowest BCUT2D eigenvalue weighted by Crippen LogP contribution is -2.32. The zero-order chi connectivity index (χ0) is 13.5. The summed E-state index contributed by atoms with van der Waals surface area (Å²) in [7, 11) is 0. The van der Waals surface area contributed by atoms with Crippen LogP contribution in [0.15, 0.2) is 4.42 Å². The molecule has 0 radical (unpaired) electrons. The summed E-state index contributed by atoms with van der Waals surface area (Å²) in [5, 5.41) is 8.10. The summed E-state index contributed by atoms with van der Waals surface area (Å²) < 4.78 is 5.55. The summed E-state index contributed by atoms with van der Waals surface area (Å²) in [4.78, 5) is 2.58. The number of aromatic nitrogens is 2. The molecule has 1 aromatic heterocycles. The summed E-state index contributed by atoms with van der Waals surface area (Å²) in [5.74, 6) is 4.60. The minimum Gasteiger partial charge on any atom is -0.424 e. The Labute approximate surface area is 120 Å². The molecule has 20 heavy (non-hydrogen) atoms. The third kappa shape index (κ3) is 2.39. The van der Waals surface area contributed by atoms with E-state index in [1.165, 1.54) is 51.5 Å². The van der Waals surface area contributed by atoms with Gasteiger partial charge in [0.2, 0.25) is 11.8 Å². The maximum absolute atomic E-state index is 5.55. The Morgan fingerprint density at radius 2 is 2.15 bits per heavy atom. The Morgan fingerprint density at radius 3 is 2.85 bits per heavy atom. The number of hydrogen-bond acceptors (Lipinski definition) is 4. The van der Waals surface area contributed by atoms with Crippen LogP contribution in [0.25, 0.3) is 0 Å². The zero-order valence-electron chi connectivity index (χ0n) is 12.4. The summed E-state index contributed by atoms with van der Waals surface area (Å²) in [6.45, 7) is 3.92. The fourth-order valence-corrected chi connectivity index (χ4v) is 4.96. The second-order valence-electron chi connectivity index (χ2n) is 7.15. The fourth-order valence-electron chi connectivity index (χ4n) is 4.96. The first-order chi connectivity index (χ1) is 9.78. The van der Waals surface area contributed by atoms with Crippen molar-refractivity contribution in [1.82, 2.24) is 15.1 Å². The van der Waals surface area contributed by atoms with Gasteiger partial charge < -0.3 is 4.42 Å². The predicted molar refractivity (Wildman–Crippen MR) is 76.0 cm³/mol. The Morgan fingerprint density at radius 1 is 1.20 bits per heavy atom. The van der Waals surface area contributed by atoms with Gasteiger partial charge in [-0.1, -0.05) is 6.42 Å². The van der Waals surface area contributed by atoms with Crippen molar-refractivity contribution in [1.29, 1.82) is 0 Å². The highest BCUT2D eigenvalue weighted by Crippen LogP contribution is 2.50. The van der Waals surface area contributed by atoms with E-state index >= 15 is 0 Å². The molecule has 4 nitrogen and oxygen atoms in total. The standard InChI is InChI=1S/C16H25N3O/c1-11-17-18-16(20-11)10-19-6-2-3-15(19)9-14-8-12-4-5-13(14)7-12/h12-15H,2-10H2,1H3. The molecule has 2 bridgehead atoms. The van der Waals surface area contributed by atoms with Crippen molar-refractivity contribution in [2.45, 2.75) is 64.5 Å². The van der Waals surface area contributed by atoms with Crippen LogP contribution in [-0.2, 0) is 6.54 Å². The van der Waals surface area contributed by atoms with Gasteiger partial charge in [0.15, 0.2) is 0 Å². The van der Waals surface area contributed by atoms with Crippen LogP contribution in [0.4, 0.5) is 0 Å². The monoisotopic (exact) mass is 275 g/mol. The molecule has 3 aliphatic rings. The van der Waals surface area contributed by atoms with Gasteiger partial charge in [0.1, 0.15) is 0 Å². The van der Waals surface area contributed by atoms with E-state index in [2.05, 4.69) is 15.1 Å². The van der Waals surface area contributed by atoms with Gasteiger partial charge >= 0.3 is 0 Å². The molecule has 4 atom stereocenters. The van der Waals surface area contributed by atoms with Gasteiger partial charge in [-0.05, 0) is 62.8 Å². The van der Waals surface area contributed by atoms with Crippen molar-refractivity contribution >= 4 is 0 Å². The van der Waals surface area contributed by atoms with E-state index in [0.717, 1.165) is 36.2 Å². The molecule has 4 rings (SSSR count). The first-order valence-corrected chi connectivity index (χ1v) is 8.31. The van der Waals surface area contributed by atoms with Crippen LogP contribution in [0.2, 0.25) is 0 Å². The molecule has 0 N–H and O–H groups in total. The van der Waals surface area contributed by atoms with Crippen LogP contribution in [0.3, 0.4) is 0 Å². The summed E-state index contributed by atoms with van der Waals surface area (Å²) in [6.07, 6.45) is 10.2. The Kier molecular flexibility index (Phi) is 3.29. The van der Waals surface area contributed by atoms with Gasteiger partial charge in [-0.15, -0.1) is 10.2 Å². The molecule has 0 amide bonds. The van der Waals surface area contributed by atoms with Crippen molar-refractivity contribution in [3.63, 3.8) is 0 Å². The molecule has 110 valence electrons. The highest BCUT2D eigenvalue weighted by molar-refractivity contribution is 4.94. The maximum Gasteiger partial charge on any atom is 0.230 e. The van der Waals surface area contributed by atoms with Crippen LogP contribution in [0.1, 0.15) is 56.7 Å². The molecule has 0 aromatic carbocycles. The van der Waals surface area contributed by atoms with E-state index in [1.807, 2.05) is 6.92 Å². The largest absolute Gasteiger partial charge is 0.424 e. The molecule has 1 saturated heterocycles. The van der Waals surface area contributed by atoms with Crippen molar-refractivity contribution in [3.8, 4) is 0 Å². The molecule has 2 heterocycles. The lowest BCUT2D eigenvalue weighted by Gasteiger charge is -2.29. The Bertz CT molecular complexity index is 472. The first-order valence-electron chi connectivity index (χ1n) is 8.31. The van der Waals surface area contributed by atoms with Crippen LogP contribution in [-0.4, -0.2) is 27.7 Å². The number of fused-ring (bicyclic) bond motifs is 2. The molecular formula is C16H25N3O. The molecular weight excluding hydrogens is 250 g/mol. The van der Waals surface area contributed by atoms with Gasteiger partial charge in [-0.3, -0.25) is 4.90 Å². The summed E-state index contributed by atoms with van der Waals surface area (Å²) in [5.41, 5.74) is 0. The summed E-state index contributed by atoms with van der Waals surface area (Å²) >= 11 is 0. The van der Waals surface area contributed by atoms with Gasteiger partial charge in [0, 0.05) is 13.0 Å². The highest BCUT2D eigenvalue weighted by atomic mass is 16.4. The predicted octanol–water partition coefficient (Wildman–Crippen LogP) is 3.17. The van der Waals surface area contributed by atoms with E-state index in [9.17, 15) is 0 Å². The second kappa shape index (κ2) is 5.14. The van der Waals surface area contributed by atoms with Gasteiger partial charge in [-0.25, -0.2) is 0 Å². The van der Waals surface area contributed by atoms with Crippen molar-refractivity contribution < 1.29 is 4.42 Å². The molecule has 4 unspecified atom stereocenters. The summed E-state index contributed by atoms with van der Waals surface area (Å²) in [6, 6.07) is 0.756. The topological polar surface area (TPSA) is 42.2 Å². The third-order valence-electron chi connectivity index (χ3n) is 5.86. The number of rotatable bonds is 4. The van der Waals surface area contributed by atoms with E-state index < -0.39 is 0 Å². The molecule has 1 aromatic rings. The van der Waals surface area contributed by atoms with Gasteiger partial charge in [0.05, 0.1) is 6.54 Å². The van der Waals surface area contributed by atoms with Gasteiger partial charge in [-0.2, -0.15) is 0 Å². The lowest BCUT2D eigenvalue weighted by molar-refractivity contribution is 0.172. The molecule has 4 heteroatoms. The normalized spacial score (nSPS) is 37.0. The van der Waals surface area contributed by atoms with Crippen LogP contribution < -0.4 is 0 Å². The average molecular weight is 275 g/mol. The zero-order valence-corrected chi connectivity index (χ0v) is 12.4. The van der Waals surface area contributed by atoms with Crippen LogP contribution >= 0.6 is 0 Å². The molecule has 2 aliphatic carbocycles. The van der Waals surface area contributed by atoms with Gasteiger partial charge in [0.25, 0.3) is 0 Å². The van der Waals surface area contributed by atoms with E-state index in [-0.39, 0.29) is 0 Å². The lowest BCUT2D eigenvalue weighted by atomic mass is 9.84. The molecule has 1 aliphatic heterocycles. The number of likely N-dealkylation sites (tertiary alicyclic amines) is 1.